The maximum atomic E-state index is 14.9. The fourth-order valence-corrected chi connectivity index (χ4v) is 16.3. The van der Waals surface area contributed by atoms with E-state index in [1.807, 2.05) is 0 Å². The van der Waals surface area contributed by atoms with E-state index in [0.717, 1.165) is 55.4 Å². The highest BCUT2D eigenvalue weighted by Crippen LogP contribution is 2.43. The van der Waals surface area contributed by atoms with Gasteiger partial charge in [-0.05, 0) is 37.5 Å². The van der Waals surface area contributed by atoms with E-state index in [9.17, 15) is 82.0 Å². The Hall–Kier alpha value is -9.16. The van der Waals surface area contributed by atoms with Gasteiger partial charge >= 0.3 is 53.7 Å². The van der Waals surface area contributed by atoms with Crippen LogP contribution < -0.4 is 42.3 Å². The molecule has 3 aliphatic heterocycles. The Kier molecular flexibility index (Phi) is 55.3. The third-order valence-corrected chi connectivity index (χ3v) is 21.6. The Morgan fingerprint density at radius 1 is 0.433 bits per heavy atom. The van der Waals surface area contributed by atoms with E-state index in [2.05, 4.69) is 76.1 Å². The Labute approximate surface area is 780 Å². The molecule has 1 aliphatic carbocycles. The lowest BCUT2D eigenvalue weighted by atomic mass is 9.85. The summed E-state index contributed by atoms with van der Waals surface area (Å²) in [4.78, 5) is 202. The Morgan fingerprint density at radius 3 is 1.20 bits per heavy atom. The number of carbonyl (C=O) groups excluding carboxylic acids is 16. The van der Waals surface area contributed by atoms with E-state index in [0.29, 0.717) is 25.7 Å². The molecule has 8 N–H and O–H groups in total. The van der Waals surface area contributed by atoms with Crippen LogP contribution in [0.5, 0.6) is 0 Å². The first-order chi connectivity index (χ1) is 63.5. The van der Waals surface area contributed by atoms with E-state index >= 15 is 0 Å². The molecular formula is C85H138N9O39P. The van der Waals surface area contributed by atoms with Crippen molar-refractivity contribution in [1.82, 2.24) is 42.3 Å². The molecule has 15 atom stereocenters. The molecule has 3 heterocycles. The quantitative estimate of drug-likeness (QED) is 0.0170. The molecule has 0 aromatic rings. The van der Waals surface area contributed by atoms with Crippen molar-refractivity contribution < 1.29 is 185 Å². The molecule has 762 valence electrons. The van der Waals surface area contributed by atoms with Gasteiger partial charge in [0.1, 0.15) is 62.3 Å². The standard InChI is InChI=1S/C85H138N9O39P/c1-50(2)72(51(3)4)94-134(124-29-17-25-86)133-65-20-18-64(19-21-65)80(110)93-84(46-114-30-22-69(107)87-26-33-111-36-39-117-81-73(90-52(5)95)77(127-61(14)104)75(125-59(12)102)67(130-81)44-121-56(9)99,47-115-31-23-70(108)88-27-34-112-37-40-118-82-74(91-53(6)96)78(128-62(15)105)76(126-60(13)103)68(131-82)45-122-57(10)100)48-116-32-24-71(109)89-28-35-113-38-41-119-83-79(92-54(7)97)85(132-63(16)106,49-123-58(11)101)42-66(129-83)43-120-55(8)98/h50-51,64-68,72-79,81-83,94H,17-24,26-49H2,1-16H3,(H,87,107)(H,88,108)(H,89,109)(H,90,95)(H,91,96)(H,92,97)(H,93,110). The monoisotopic (exact) mass is 1940 g/mol. The van der Waals surface area contributed by atoms with Gasteiger partial charge in [0, 0.05) is 140 Å². The number of esters is 9. The Bertz CT molecular complexity index is 3630. The fourth-order valence-electron chi connectivity index (χ4n) is 14.5. The summed E-state index contributed by atoms with van der Waals surface area (Å²) in [5.74, 6) is -10.6. The second-order valence-corrected chi connectivity index (χ2v) is 33.8. The van der Waals surface area contributed by atoms with Crippen LogP contribution in [-0.4, -0.2) is 350 Å². The van der Waals surface area contributed by atoms with Crippen LogP contribution in [0.2, 0.25) is 0 Å². The van der Waals surface area contributed by atoms with Gasteiger partial charge < -0.3 is 146 Å². The molecule has 3 saturated heterocycles. The lowest BCUT2D eigenvalue weighted by molar-refractivity contribution is -0.279. The minimum Gasteiger partial charge on any atom is -0.463 e. The summed E-state index contributed by atoms with van der Waals surface area (Å²) in [5.41, 5.74) is -3.34. The summed E-state index contributed by atoms with van der Waals surface area (Å²) in [7, 11) is -1.66. The fraction of sp³-hybridized carbons (Fsp3) is 0.800. The topological polar surface area (TPSA) is 605 Å². The van der Waals surface area contributed by atoms with Crippen molar-refractivity contribution in [3.8, 4) is 6.07 Å². The zero-order valence-electron chi connectivity index (χ0n) is 79.3. The van der Waals surface area contributed by atoms with Crippen LogP contribution in [0.25, 0.3) is 0 Å². The molecule has 7 amide bonds. The van der Waals surface area contributed by atoms with E-state index in [1.165, 1.54) is 27.7 Å². The summed E-state index contributed by atoms with van der Waals surface area (Å²) in [6.45, 7) is 17.5. The highest BCUT2D eigenvalue weighted by atomic mass is 31.2. The number of carbonyl (C=O) groups is 16. The molecule has 1 saturated carbocycles. The molecule has 15 unspecified atom stereocenters. The summed E-state index contributed by atoms with van der Waals surface area (Å²) < 4.78 is 133. The van der Waals surface area contributed by atoms with Crippen molar-refractivity contribution in [2.24, 2.45) is 17.8 Å². The van der Waals surface area contributed by atoms with Crippen LogP contribution >= 0.6 is 8.53 Å². The summed E-state index contributed by atoms with van der Waals surface area (Å²) in [5, 5.41) is 32.1. The third-order valence-electron chi connectivity index (χ3n) is 20.2. The van der Waals surface area contributed by atoms with Crippen LogP contribution in [0.3, 0.4) is 0 Å². The van der Waals surface area contributed by atoms with E-state index in [-0.39, 0.29) is 188 Å². The summed E-state index contributed by atoms with van der Waals surface area (Å²) in [6.07, 6.45) is -12.4. The molecule has 0 spiro atoms. The molecule has 49 heteroatoms. The Balaban J connectivity index is 1.53. The molecule has 0 radical (unpaired) electrons. The lowest BCUT2D eigenvalue weighted by Crippen LogP contribution is -2.68. The van der Waals surface area contributed by atoms with Gasteiger partial charge in [0.25, 0.3) is 8.53 Å². The van der Waals surface area contributed by atoms with Gasteiger partial charge in [-0.1, -0.05) is 27.7 Å². The highest BCUT2D eigenvalue weighted by Gasteiger charge is 2.57. The normalized spacial score (nSPS) is 23.9. The number of rotatable bonds is 63. The van der Waals surface area contributed by atoms with Crippen molar-refractivity contribution in [2.75, 3.05) is 152 Å². The van der Waals surface area contributed by atoms with Gasteiger partial charge in [0.2, 0.25) is 41.4 Å². The molecule has 48 nitrogen and oxygen atoms in total. The maximum absolute atomic E-state index is 14.9. The van der Waals surface area contributed by atoms with Crippen LogP contribution in [0, 0.1) is 29.1 Å². The summed E-state index contributed by atoms with van der Waals surface area (Å²) in [6, 6.07) is -1.60. The minimum absolute atomic E-state index is 0.0161. The van der Waals surface area contributed by atoms with E-state index in [4.69, 9.17) is 109 Å². The molecule has 4 rings (SSSR count). The van der Waals surface area contributed by atoms with Crippen LogP contribution in [0.15, 0.2) is 0 Å². The van der Waals surface area contributed by atoms with Gasteiger partial charge in [-0.25, -0.2) is 5.09 Å². The molecule has 4 aliphatic rings. The number of ether oxygens (including phenoxy) is 21. The van der Waals surface area contributed by atoms with Gasteiger partial charge in [0.15, 0.2) is 48.9 Å². The SMILES string of the molecule is CC(=O)NC1C(OCCOCCNC(=O)CCOCC(COCCC(=O)NCCOCCOC2OC(COC(C)=O)C(OC(C)=O)C(OC(C)=O)C2NC(C)=O)(COCCC(=O)NCCOCCOC2OC(COC(C)=O)CC(COC(C)=O)(OC(C)=O)C2NC(C)=O)NC(=O)C2CCC(OP(NC(C(C)C)C(C)C)OCCC#N)CC2)OC(COC(C)=O)C(OC(C)=O)C1OC(C)=O. The molecule has 4 fully saturated rings. The van der Waals surface area contributed by atoms with E-state index in [1.54, 1.807) is 0 Å². The average molecular weight is 1940 g/mol. The second kappa shape index (κ2) is 63.3. The average Bonchev–Trinajstić information content (AvgIpc) is 0.737. The number of nitrogens with one attached hydrogen (secondary N) is 8. The predicted octanol–water partition coefficient (Wildman–Crippen LogP) is -0.128. The molecule has 134 heavy (non-hydrogen) atoms. The second-order valence-electron chi connectivity index (χ2n) is 32.6. The molecule has 0 bridgehead atoms. The zero-order chi connectivity index (χ0) is 99.5. The summed E-state index contributed by atoms with van der Waals surface area (Å²) >= 11 is 0. The smallest absolute Gasteiger partial charge is 0.303 e. The third kappa shape index (κ3) is 46.6. The van der Waals surface area contributed by atoms with Crippen LogP contribution in [0.1, 0.15) is 169 Å². The van der Waals surface area contributed by atoms with Crippen molar-refractivity contribution in [3.05, 3.63) is 0 Å². The Morgan fingerprint density at radius 2 is 0.828 bits per heavy atom. The number of hydrogen-bond acceptors (Lipinski definition) is 41. The molecule has 0 aromatic heterocycles. The first-order valence-corrected chi connectivity index (χ1v) is 45.6. The minimum atomic E-state index is -1.74. The predicted molar refractivity (Wildman–Crippen MR) is 460 cm³/mol. The lowest BCUT2D eigenvalue weighted by Gasteiger charge is -2.48. The van der Waals surface area contributed by atoms with Crippen molar-refractivity contribution in [1.29, 1.82) is 5.26 Å². The van der Waals surface area contributed by atoms with Crippen LogP contribution in [-0.2, 0) is 185 Å². The number of nitriles is 1. The first-order valence-electron chi connectivity index (χ1n) is 44.4. The van der Waals surface area contributed by atoms with Gasteiger partial charge in [-0.15, -0.1) is 0 Å². The largest absolute Gasteiger partial charge is 0.463 e. The van der Waals surface area contributed by atoms with Crippen LogP contribution in [0.4, 0.5) is 0 Å². The van der Waals surface area contributed by atoms with Crippen molar-refractivity contribution >= 4 is 104 Å². The van der Waals surface area contributed by atoms with E-state index < -0.39 is 220 Å². The van der Waals surface area contributed by atoms with Crippen molar-refractivity contribution in [2.45, 2.75) is 272 Å². The first kappa shape index (κ1) is 117. The zero-order valence-corrected chi connectivity index (χ0v) is 80.2. The number of amides is 7. The highest BCUT2D eigenvalue weighted by molar-refractivity contribution is 7.45. The van der Waals surface area contributed by atoms with Gasteiger partial charge in [0.05, 0.1) is 130 Å². The van der Waals surface area contributed by atoms with Gasteiger partial charge in [-0.3, -0.25) is 76.7 Å². The number of nitrogens with zero attached hydrogens (tertiary/aromatic N) is 1. The molecular weight excluding hydrogens is 1800 g/mol. The van der Waals surface area contributed by atoms with Gasteiger partial charge in [-0.2, -0.15) is 5.26 Å². The number of hydrogen-bond donors (Lipinski definition) is 8. The van der Waals surface area contributed by atoms with Crippen molar-refractivity contribution in [3.63, 3.8) is 0 Å². The maximum Gasteiger partial charge on any atom is 0.303 e. The molecule has 0 aromatic carbocycles.